The van der Waals surface area contributed by atoms with Gasteiger partial charge in [0.1, 0.15) is 0 Å². The average molecular weight is 228 g/mol. The molecule has 1 atom stereocenters. The first-order valence-corrected chi connectivity index (χ1v) is 6.58. The molecule has 2 heteroatoms. The average Bonchev–Trinajstić information content (AvgIpc) is 2.74. The van der Waals surface area contributed by atoms with Crippen LogP contribution in [0.25, 0.3) is 10.9 Å². The number of piperidine rings is 1. The molecule has 1 fully saturated rings. The van der Waals surface area contributed by atoms with Crippen molar-refractivity contribution in [3.8, 4) is 0 Å². The van der Waals surface area contributed by atoms with Gasteiger partial charge in [0.05, 0.1) is 5.52 Å². The van der Waals surface area contributed by atoms with Crippen molar-refractivity contribution >= 4 is 10.9 Å². The maximum Gasteiger partial charge on any atom is 0.0510 e. The van der Waals surface area contributed by atoms with Crippen molar-refractivity contribution in [3.63, 3.8) is 0 Å². The Morgan fingerprint density at radius 1 is 1.35 bits per heavy atom. The van der Waals surface area contributed by atoms with E-state index in [1.807, 2.05) is 0 Å². The smallest absolute Gasteiger partial charge is 0.0510 e. The predicted molar refractivity (Wildman–Crippen MR) is 72.2 cm³/mol. The largest absolute Gasteiger partial charge is 0.350 e. The maximum absolute atomic E-state index is 3.50. The molecule has 2 aromatic rings. The molecule has 1 aromatic carbocycles. The number of rotatable bonds is 2. The molecular formula is C15H20N2. The van der Waals surface area contributed by atoms with E-state index < -0.39 is 0 Å². The van der Waals surface area contributed by atoms with E-state index >= 15 is 0 Å². The fourth-order valence-electron chi connectivity index (χ4n) is 3.02. The molecule has 2 nitrogen and oxygen atoms in total. The summed E-state index contributed by atoms with van der Waals surface area (Å²) >= 11 is 0. The minimum absolute atomic E-state index is 0.809. The highest BCUT2D eigenvalue weighted by atomic mass is 14.9. The molecule has 0 radical (unpaired) electrons. The van der Waals surface area contributed by atoms with Gasteiger partial charge >= 0.3 is 0 Å². The van der Waals surface area contributed by atoms with Gasteiger partial charge in [0, 0.05) is 13.2 Å². The summed E-state index contributed by atoms with van der Waals surface area (Å²) in [6.45, 7) is 2.38. The van der Waals surface area contributed by atoms with Crippen molar-refractivity contribution in [2.24, 2.45) is 13.0 Å². The first kappa shape index (κ1) is 10.8. The van der Waals surface area contributed by atoms with Crippen molar-refractivity contribution in [1.82, 2.24) is 9.88 Å². The van der Waals surface area contributed by atoms with Crippen molar-refractivity contribution in [1.29, 1.82) is 0 Å². The lowest BCUT2D eigenvalue weighted by Crippen LogP contribution is -2.30. The number of benzene rings is 1. The fourth-order valence-corrected chi connectivity index (χ4v) is 3.02. The van der Waals surface area contributed by atoms with Crippen LogP contribution in [-0.4, -0.2) is 17.7 Å². The van der Waals surface area contributed by atoms with Gasteiger partial charge < -0.3 is 9.88 Å². The third-order valence-electron chi connectivity index (χ3n) is 3.89. The monoisotopic (exact) mass is 228 g/mol. The number of fused-ring (bicyclic) bond motifs is 1. The zero-order chi connectivity index (χ0) is 11.7. The highest BCUT2D eigenvalue weighted by molar-refractivity contribution is 5.83. The van der Waals surface area contributed by atoms with Crippen molar-refractivity contribution in [2.45, 2.75) is 19.3 Å². The quantitative estimate of drug-likeness (QED) is 0.836. The second-order valence-electron chi connectivity index (χ2n) is 5.20. The highest BCUT2D eigenvalue weighted by Crippen LogP contribution is 2.24. The summed E-state index contributed by atoms with van der Waals surface area (Å²) < 4.78 is 2.25. The Balaban J connectivity index is 1.91. The summed E-state index contributed by atoms with van der Waals surface area (Å²) in [5, 5.41) is 4.87. The third-order valence-corrected chi connectivity index (χ3v) is 3.89. The summed E-state index contributed by atoms with van der Waals surface area (Å²) in [4.78, 5) is 0. The molecule has 1 saturated heterocycles. The second kappa shape index (κ2) is 4.53. The molecule has 0 saturated carbocycles. The normalized spacial score (nSPS) is 20.9. The Bertz CT molecular complexity index is 507. The topological polar surface area (TPSA) is 17.0 Å². The van der Waals surface area contributed by atoms with Gasteiger partial charge in [-0.15, -0.1) is 0 Å². The zero-order valence-corrected chi connectivity index (χ0v) is 10.4. The van der Waals surface area contributed by atoms with E-state index in [1.165, 1.54) is 48.8 Å². The summed E-state index contributed by atoms with van der Waals surface area (Å²) in [5.74, 6) is 0.809. The standard InChI is InChI=1S/C15H20N2/c1-17-9-7-13-5-2-6-14(15(13)17)10-12-4-3-8-16-11-12/h2,5-7,9,12,16H,3-4,8,10-11H2,1H3. The first-order chi connectivity index (χ1) is 8.34. The predicted octanol–water partition coefficient (Wildman–Crippen LogP) is 2.72. The van der Waals surface area contributed by atoms with Crippen molar-refractivity contribution in [3.05, 3.63) is 36.0 Å². The Morgan fingerprint density at radius 2 is 2.29 bits per heavy atom. The summed E-state index contributed by atoms with van der Waals surface area (Å²) in [7, 11) is 2.14. The van der Waals surface area contributed by atoms with Crippen LogP contribution in [0.2, 0.25) is 0 Å². The van der Waals surface area contributed by atoms with Gasteiger partial charge in [-0.3, -0.25) is 0 Å². The lowest BCUT2D eigenvalue weighted by molar-refractivity contribution is 0.376. The van der Waals surface area contributed by atoms with Crippen LogP contribution in [0.4, 0.5) is 0 Å². The lowest BCUT2D eigenvalue weighted by Gasteiger charge is -2.23. The highest BCUT2D eigenvalue weighted by Gasteiger charge is 2.15. The SMILES string of the molecule is Cn1ccc2cccc(CC3CCCNC3)c21. The number of para-hydroxylation sites is 1. The lowest BCUT2D eigenvalue weighted by atomic mass is 9.91. The molecule has 1 N–H and O–H groups in total. The molecule has 0 amide bonds. The second-order valence-corrected chi connectivity index (χ2v) is 5.20. The van der Waals surface area contributed by atoms with Crippen LogP contribution >= 0.6 is 0 Å². The van der Waals surface area contributed by atoms with Crippen LogP contribution in [0.1, 0.15) is 18.4 Å². The number of aryl methyl sites for hydroxylation is 1. The zero-order valence-electron chi connectivity index (χ0n) is 10.4. The molecule has 90 valence electrons. The fraction of sp³-hybridized carbons (Fsp3) is 0.467. The van der Waals surface area contributed by atoms with Gasteiger partial charge in [0.15, 0.2) is 0 Å². The Kier molecular flexibility index (Phi) is 2.89. The number of nitrogens with zero attached hydrogens (tertiary/aromatic N) is 1. The van der Waals surface area contributed by atoms with Crippen LogP contribution in [-0.2, 0) is 13.5 Å². The van der Waals surface area contributed by atoms with E-state index in [0.29, 0.717) is 0 Å². The van der Waals surface area contributed by atoms with E-state index in [4.69, 9.17) is 0 Å². The number of hydrogen-bond acceptors (Lipinski definition) is 1. The van der Waals surface area contributed by atoms with Gasteiger partial charge in [0.2, 0.25) is 0 Å². The van der Waals surface area contributed by atoms with Crippen LogP contribution < -0.4 is 5.32 Å². The van der Waals surface area contributed by atoms with Gasteiger partial charge in [-0.25, -0.2) is 0 Å². The minimum Gasteiger partial charge on any atom is -0.350 e. The summed E-state index contributed by atoms with van der Waals surface area (Å²) in [6, 6.07) is 8.89. The van der Waals surface area contributed by atoms with Crippen LogP contribution in [0.5, 0.6) is 0 Å². The molecule has 0 aliphatic carbocycles. The molecule has 1 aliphatic rings. The molecule has 0 spiro atoms. The van der Waals surface area contributed by atoms with E-state index in [1.54, 1.807) is 0 Å². The Morgan fingerprint density at radius 3 is 3.12 bits per heavy atom. The van der Waals surface area contributed by atoms with E-state index in [-0.39, 0.29) is 0 Å². The van der Waals surface area contributed by atoms with Gasteiger partial charge in [-0.2, -0.15) is 0 Å². The van der Waals surface area contributed by atoms with E-state index in [9.17, 15) is 0 Å². The first-order valence-electron chi connectivity index (χ1n) is 6.58. The number of aromatic nitrogens is 1. The molecule has 2 heterocycles. The van der Waals surface area contributed by atoms with Gasteiger partial charge in [-0.1, -0.05) is 18.2 Å². The summed E-state index contributed by atoms with van der Waals surface area (Å²) in [6.07, 6.45) is 6.07. The Hall–Kier alpha value is -1.28. The van der Waals surface area contributed by atoms with Crippen LogP contribution in [0.15, 0.2) is 30.5 Å². The molecule has 1 aliphatic heterocycles. The molecule has 3 rings (SSSR count). The van der Waals surface area contributed by atoms with E-state index in [2.05, 4.69) is 47.4 Å². The minimum atomic E-state index is 0.809. The van der Waals surface area contributed by atoms with Crippen molar-refractivity contribution in [2.75, 3.05) is 13.1 Å². The maximum atomic E-state index is 3.50. The van der Waals surface area contributed by atoms with Crippen molar-refractivity contribution < 1.29 is 0 Å². The van der Waals surface area contributed by atoms with E-state index in [0.717, 1.165) is 5.92 Å². The van der Waals surface area contributed by atoms with Gasteiger partial charge in [0.25, 0.3) is 0 Å². The number of hydrogen-bond donors (Lipinski definition) is 1. The Labute approximate surface area is 103 Å². The van der Waals surface area contributed by atoms with Gasteiger partial charge in [-0.05, 0) is 55.3 Å². The molecule has 1 aromatic heterocycles. The number of nitrogens with one attached hydrogen (secondary N) is 1. The molecule has 1 unspecified atom stereocenters. The molecule has 0 bridgehead atoms. The molecular weight excluding hydrogens is 208 g/mol. The summed E-state index contributed by atoms with van der Waals surface area (Å²) in [5.41, 5.74) is 2.92. The van der Waals surface area contributed by atoms with Crippen LogP contribution in [0.3, 0.4) is 0 Å². The third kappa shape index (κ3) is 2.09. The molecule has 17 heavy (non-hydrogen) atoms. The van der Waals surface area contributed by atoms with Crippen LogP contribution in [0, 0.1) is 5.92 Å².